The standard InChI is InChI=1S/C45H49FN6O6SSi/c1-29-39-40(54)51(45(4,5)38(53)26-44(2,3)60(56,33-13-9-7-10-14-33)34-15-11-8-12-16-34)43(55)50(42(39)59-41(29)52-48-23-24-49-52)28-37(35-25-31(46)19-22-36(35)57-6)58-32-20-17-30(27-47)18-21-32/h7-16,19,22-25,30,32,37,56H,17-18,20-21,26,28H2,1-6H3/t30-,32-,37-/m0/s1. The zero-order valence-corrected chi connectivity index (χ0v) is 36.4. The number of halogens is 1. The molecule has 0 spiro atoms. The Bertz CT molecular complexity index is 2620. The van der Waals surface area contributed by atoms with Gasteiger partial charge in [-0.3, -0.25) is 14.2 Å². The molecular formula is C45H49FN6O6SSi. The number of hydrogen-bond acceptors (Lipinski definition) is 10. The highest BCUT2D eigenvalue weighted by Gasteiger charge is 2.52. The number of ketones is 1. The van der Waals surface area contributed by atoms with Crippen LogP contribution in [0.5, 0.6) is 5.75 Å². The first-order valence-electron chi connectivity index (χ1n) is 20.0. The van der Waals surface area contributed by atoms with Gasteiger partial charge in [-0.25, -0.2) is 13.8 Å². The second-order valence-corrected chi connectivity index (χ2v) is 21.6. The van der Waals surface area contributed by atoms with E-state index in [1.165, 1.54) is 47.1 Å². The van der Waals surface area contributed by atoms with E-state index in [1.807, 2.05) is 74.5 Å². The molecule has 0 bridgehead atoms. The van der Waals surface area contributed by atoms with Gasteiger partial charge in [-0.1, -0.05) is 85.8 Å². The van der Waals surface area contributed by atoms with E-state index in [4.69, 9.17) is 9.47 Å². The van der Waals surface area contributed by atoms with Gasteiger partial charge in [0.25, 0.3) is 13.9 Å². The van der Waals surface area contributed by atoms with Gasteiger partial charge in [0.15, 0.2) is 5.78 Å². The van der Waals surface area contributed by atoms with Gasteiger partial charge in [-0.05, 0) is 80.1 Å². The van der Waals surface area contributed by atoms with Crippen molar-refractivity contribution < 1.29 is 23.5 Å². The predicted molar refractivity (Wildman–Crippen MR) is 231 cm³/mol. The Labute approximate surface area is 352 Å². The first-order valence-corrected chi connectivity index (χ1v) is 22.8. The quantitative estimate of drug-likeness (QED) is 0.124. The lowest BCUT2D eigenvalue weighted by molar-refractivity contribution is -0.127. The Balaban J connectivity index is 1.38. The van der Waals surface area contributed by atoms with Crippen LogP contribution in [0.3, 0.4) is 0 Å². The van der Waals surface area contributed by atoms with Crippen LogP contribution in [0.25, 0.3) is 15.2 Å². The summed E-state index contributed by atoms with van der Waals surface area (Å²) in [5, 5.41) is 19.3. The summed E-state index contributed by atoms with van der Waals surface area (Å²) in [6.07, 6.45) is 4.03. The molecule has 0 saturated heterocycles. The molecule has 0 amide bonds. The van der Waals surface area contributed by atoms with E-state index in [1.54, 1.807) is 20.8 Å². The number of carbonyl (C=O) groups is 1. The van der Waals surface area contributed by atoms with Crippen molar-refractivity contribution in [2.45, 2.75) is 96.1 Å². The van der Waals surface area contributed by atoms with Crippen LogP contribution >= 0.6 is 11.3 Å². The monoisotopic (exact) mass is 848 g/mol. The number of nitriles is 1. The number of Topliss-reactive ketones (excluding diaryl/α,β-unsaturated/α-hetero) is 1. The smallest absolute Gasteiger partial charge is 0.333 e. The Morgan fingerprint density at radius 2 is 1.58 bits per heavy atom. The minimum atomic E-state index is -3.67. The molecule has 60 heavy (non-hydrogen) atoms. The summed E-state index contributed by atoms with van der Waals surface area (Å²) in [7, 11) is -2.21. The molecule has 0 radical (unpaired) electrons. The highest BCUT2D eigenvalue weighted by atomic mass is 32.1. The fourth-order valence-electron chi connectivity index (χ4n) is 8.57. The van der Waals surface area contributed by atoms with Crippen molar-refractivity contribution in [3.05, 3.63) is 129 Å². The van der Waals surface area contributed by atoms with Crippen LogP contribution in [0.4, 0.5) is 4.39 Å². The number of methoxy groups -OCH3 is 1. The SMILES string of the molecule is COc1ccc(F)cc1[C@H](Cn1c(=O)n(C(C)(C)C(=O)CC(C)(C)[Si](O)(c2ccccc2)c2ccccc2)c(=O)c2c(C)c(-n3nccn3)sc21)O[C@H]1CC[C@H](C#N)CC1. The molecule has 1 saturated carbocycles. The van der Waals surface area contributed by atoms with E-state index in [-0.39, 0.29) is 30.4 Å². The van der Waals surface area contributed by atoms with Gasteiger partial charge in [0.2, 0.25) is 0 Å². The van der Waals surface area contributed by atoms with Crippen LogP contribution in [0.15, 0.2) is 101 Å². The molecule has 1 fully saturated rings. The Morgan fingerprint density at radius 3 is 2.15 bits per heavy atom. The number of aryl methyl sites for hydroxylation is 1. The van der Waals surface area contributed by atoms with E-state index < -0.39 is 47.8 Å². The van der Waals surface area contributed by atoms with Crippen LogP contribution < -0.4 is 26.4 Å². The molecule has 3 aromatic carbocycles. The lowest BCUT2D eigenvalue weighted by Gasteiger charge is -2.42. The molecule has 1 aliphatic rings. The number of rotatable bonds is 14. The topological polar surface area (TPSA) is 154 Å². The van der Waals surface area contributed by atoms with Gasteiger partial charge in [0.1, 0.15) is 33.0 Å². The van der Waals surface area contributed by atoms with Crippen molar-refractivity contribution in [3.63, 3.8) is 0 Å². The molecule has 1 atom stereocenters. The number of thiophene rings is 1. The van der Waals surface area contributed by atoms with Crippen molar-refractivity contribution in [1.29, 1.82) is 5.26 Å². The van der Waals surface area contributed by atoms with Gasteiger partial charge < -0.3 is 14.3 Å². The normalized spacial score (nSPS) is 16.7. The van der Waals surface area contributed by atoms with Crippen molar-refractivity contribution in [2.24, 2.45) is 5.92 Å². The van der Waals surface area contributed by atoms with E-state index in [0.717, 1.165) is 26.3 Å². The van der Waals surface area contributed by atoms with Crippen LogP contribution in [-0.4, -0.2) is 56.2 Å². The summed E-state index contributed by atoms with van der Waals surface area (Å²) >= 11 is 1.15. The predicted octanol–water partition coefficient (Wildman–Crippen LogP) is 6.33. The average Bonchev–Trinajstić information content (AvgIpc) is 3.90. The van der Waals surface area contributed by atoms with E-state index >= 15 is 9.18 Å². The van der Waals surface area contributed by atoms with Gasteiger partial charge in [0, 0.05) is 23.5 Å². The molecule has 0 aliphatic heterocycles. The summed E-state index contributed by atoms with van der Waals surface area (Å²) in [6.45, 7) is 8.42. The largest absolute Gasteiger partial charge is 0.496 e. The minimum absolute atomic E-state index is 0.0926. The molecule has 312 valence electrons. The highest BCUT2D eigenvalue weighted by Crippen LogP contribution is 2.42. The first-order chi connectivity index (χ1) is 28.6. The van der Waals surface area contributed by atoms with Crippen LogP contribution in [0.1, 0.15) is 77.0 Å². The van der Waals surface area contributed by atoms with Crippen LogP contribution in [-0.2, 0) is 21.6 Å². The first kappa shape index (κ1) is 42.6. The number of aromatic nitrogens is 5. The second-order valence-electron chi connectivity index (χ2n) is 16.7. The molecule has 6 aromatic rings. The molecular weight excluding hydrogens is 800 g/mol. The Morgan fingerprint density at radius 1 is 0.983 bits per heavy atom. The molecule has 12 nitrogen and oxygen atoms in total. The Hall–Kier alpha value is -5.53. The fourth-order valence-corrected chi connectivity index (χ4v) is 13.5. The van der Waals surface area contributed by atoms with E-state index in [0.29, 0.717) is 52.4 Å². The number of fused-ring (bicyclic) bond motifs is 1. The van der Waals surface area contributed by atoms with E-state index in [9.17, 15) is 19.6 Å². The van der Waals surface area contributed by atoms with Gasteiger partial charge in [-0.2, -0.15) is 15.5 Å². The summed E-state index contributed by atoms with van der Waals surface area (Å²) in [5.41, 5.74) is -2.27. The summed E-state index contributed by atoms with van der Waals surface area (Å²) in [6, 6.07) is 25.1. The minimum Gasteiger partial charge on any atom is -0.496 e. The third-order valence-corrected chi connectivity index (χ3v) is 17.8. The molecule has 7 rings (SSSR count). The lowest BCUT2D eigenvalue weighted by Crippen LogP contribution is -2.66. The molecule has 1 N–H and O–H groups in total. The van der Waals surface area contributed by atoms with Gasteiger partial charge >= 0.3 is 5.69 Å². The molecule has 15 heteroatoms. The maximum absolute atomic E-state index is 15.2. The zero-order valence-electron chi connectivity index (χ0n) is 34.6. The summed E-state index contributed by atoms with van der Waals surface area (Å²) in [4.78, 5) is 59.7. The highest BCUT2D eigenvalue weighted by molar-refractivity contribution is 7.21. The lowest BCUT2D eigenvalue weighted by atomic mass is 9.88. The molecule has 0 unspecified atom stereocenters. The van der Waals surface area contributed by atoms with Gasteiger partial charge in [0.05, 0.1) is 43.6 Å². The number of benzene rings is 3. The number of ether oxygens (including phenoxy) is 2. The van der Waals surface area contributed by atoms with Crippen molar-refractivity contribution in [3.8, 4) is 16.8 Å². The van der Waals surface area contributed by atoms with Crippen LogP contribution in [0.2, 0.25) is 5.04 Å². The summed E-state index contributed by atoms with van der Waals surface area (Å²) in [5.74, 6) is -0.700. The third kappa shape index (κ3) is 7.69. The molecule has 1 aliphatic carbocycles. The van der Waals surface area contributed by atoms with Crippen LogP contribution in [0, 0.1) is 30.0 Å². The molecule has 3 heterocycles. The average molecular weight is 849 g/mol. The molecule has 3 aromatic heterocycles. The third-order valence-electron chi connectivity index (χ3n) is 12.1. The maximum Gasteiger partial charge on any atom is 0.333 e. The van der Waals surface area contributed by atoms with Crippen molar-refractivity contribution >= 4 is 46.0 Å². The number of hydrogen-bond donors (Lipinski definition) is 1. The van der Waals surface area contributed by atoms with Gasteiger partial charge in [-0.15, -0.1) is 4.80 Å². The van der Waals surface area contributed by atoms with Crippen molar-refractivity contribution in [2.75, 3.05) is 7.11 Å². The maximum atomic E-state index is 15.2. The number of nitrogens with zero attached hydrogens (tertiary/aromatic N) is 6. The second kappa shape index (κ2) is 16.8. The Kier molecular flexibility index (Phi) is 12.0. The summed E-state index contributed by atoms with van der Waals surface area (Å²) < 4.78 is 30.0. The number of carbonyl (C=O) groups excluding carboxylic acids is 1. The van der Waals surface area contributed by atoms with E-state index in [2.05, 4.69) is 16.3 Å². The fraction of sp³-hybridized carbons (Fsp3) is 0.378. The van der Waals surface area contributed by atoms with Crippen molar-refractivity contribution in [1.82, 2.24) is 24.1 Å². The zero-order chi connectivity index (χ0) is 43.0.